The second-order valence-corrected chi connectivity index (χ2v) is 5.16. The fourth-order valence-electron chi connectivity index (χ4n) is 2.32. The van der Waals surface area contributed by atoms with E-state index in [4.69, 9.17) is 0 Å². The van der Waals surface area contributed by atoms with Crippen LogP contribution in [0.4, 0.5) is 0 Å². The second-order valence-electron chi connectivity index (χ2n) is 5.16. The molecule has 0 aromatic heterocycles. The zero-order valence-corrected chi connectivity index (χ0v) is 10.8. The molecule has 1 saturated heterocycles. The number of carbonyl (C=O) groups is 1. The molecule has 1 aliphatic heterocycles. The van der Waals surface area contributed by atoms with Gasteiger partial charge in [-0.15, -0.1) is 0 Å². The molecule has 0 N–H and O–H groups in total. The first kappa shape index (κ1) is 12.2. The predicted octanol–water partition coefficient (Wildman–Crippen LogP) is 2.97. The highest BCUT2D eigenvalue weighted by Gasteiger charge is 2.17. The fraction of sp³-hybridized carbons (Fsp3) is 0.533. The third-order valence-electron chi connectivity index (χ3n) is 3.43. The van der Waals surface area contributed by atoms with Crippen LogP contribution < -0.4 is 0 Å². The minimum absolute atomic E-state index is 0.281. The van der Waals surface area contributed by atoms with Crippen LogP contribution in [0.1, 0.15) is 43.7 Å². The van der Waals surface area contributed by atoms with Gasteiger partial charge in [0.15, 0.2) is 0 Å². The number of benzene rings is 1. The average Bonchev–Trinajstić information content (AvgIpc) is 2.82. The molecule has 2 rings (SSSR count). The molecule has 92 valence electrons. The van der Waals surface area contributed by atoms with E-state index < -0.39 is 0 Å². The van der Waals surface area contributed by atoms with Gasteiger partial charge in [-0.05, 0) is 29.9 Å². The van der Waals surface area contributed by atoms with Gasteiger partial charge in [0, 0.05) is 13.1 Å². The predicted molar refractivity (Wildman–Crippen MR) is 70.0 cm³/mol. The largest absolute Gasteiger partial charge is 0.342 e. The summed E-state index contributed by atoms with van der Waals surface area (Å²) < 4.78 is 0. The summed E-state index contributed by atoms with van der Waals surface area (Å²) in [7, 11) is 0. The Morgan fingerprint density at radius 1 is 1.29 bits per heavy atom. The number of hydrogen-bond acceptors (Lipinski definition) is 1. The number of carbonyl (C=O) groups excluding carboxylic acids is 1. The summed E-state index contributed by atoms with van der Waals surface area (Å²) in [6.07, 6.45) is 2.89. The monoisotopic (exact) mass is 231 g/mol. The highest BCUT2D eigenvalue weighted by molar-refractivity contribution is 5.79. The Bertz CT molecular complexity index is 392. The quantitative estimate of drug-likeness (QED) is 0.783. The molecule has 2 heteroatoms. The summed E-state index contributed by atoms with van der Waals surface area (Å²) in [5.41, 5.74) is 2.46. The lowest BCUT2D eigenvalue weighted by Gasteiger charge is -2.15. The lowest BCUT2D eigenvalue weighted by molar-refractivity contribution is -0.129. The number of rotatable bonds is 3. The molecular weight excluding hydrogens is 210 g/mol. The van der Waals surface area contributed by atoms with Gasteiger partial charge in [-0.1, -0.05) is 38.1 Å². The summed E-state index contributed by atoms with van der Waals surface area (Å²) in [6.45, 7) is 6.26. The summed E-state index contributed by atoms with van der Waals surface area (Å²) >= 11 is 0. The Morgan fingerprint density at radius 2 is 2.00 bits per heavy atom. The SMILES string of the molecule is CC(C)c1cccc(CC(=O)N2CCCC2)c1. The van der Waals surface area contributed by atoms with E-state index >= 15 is 0 Å². The highest BCUT2D eigenvalue weighted by atomic mass is 16.2. The molecule has 0 aliphatic carbocycles. The average molecular weight is 231 g/mol. The summed E-state index contributed by atoms with van der Waals surface area (Å²) in [5, 5.41) is 0. The highest BCUT2D eigenvalue weighted by Crippen LogP contribution is 2.17. The lowest BCUT2D eigenvalue weighted by Crippen LogP contribution is -2.29. The molecular formula is C15H21NO. The zero-order valence-electron chi connectivity index (χ0n) is 10.8. The molecule has 1 amide bonds. The van der Waals surface area contributed by atoms with E-state index in [0.29, 0.717) is 12.3 Å². The van der Waals surface area contributed by atoms with E-state index in [9.17, 15) is 4.79 Å². The molecule has 1 aliphatic rings. The number of amides is 1. The van der Waals surface area contributed by atoms with E-state index in [2.05, 4.69) is 38.1 Å². The number of hydrogen-bond donors (Lipinski definition) is 0. The molecule has 0 unspecified atom stereocenters. The standard InChI is InChI=1S/C15H21NO/c1-12(2)14-7-5-6-13(10-14)11-15(17)16-8-3-4-9-16/h5-7,10,12H,3-4,8-9,11H2,1-2H3. The van der Waals surface area contributed by atoms with Crippen LogP contribution in [0.2, 0.25) is 0 Å². The van der Waals surface area contributed by atoms with Gasteiger partial charge in [0.05, 0.1) is 6.42 Å². The third-order valence-corrected chi connectivity index (χ3v) is 3.43. The molecule has 0 saturated carbocycles. The van der Waals surface area contributed by atoms with Crippen LogP contribution in [0.3, 0.4) is 0 Å². The fourth-order valence-corrected chi connectivity index (χ4v) is 2.32. The van der Waals surface area contributed by atoms with Gasteiger partial charge in [-0.2, -0.15) is 0 Å². The first-order valence-electron chi connectivity index (χ1n) is 6.53. The second kappa shape index (κ2) is 5.35. The van der Waals surface area contributed by atoms with Crippen LogP contribution in [-0.2, 0) is 11.2 Å². The van der Waals surface area contributed by atoms with Crippen molar-refractivity contribution in [3.8, 4) is 0 Å². The molecule has 1 fully saturated rings. The van der Waals surface area contributed by atoms with Gasteiger partial charge >= 0.3 is 0 Å². The van der Waals surface area contributed by atoms with Gasteiger partial charge in [0.25, 0.3) is 0 Å². The molecule has 0 radical (unpaired) electrons. The Hall–Kier alpha value is -1.31. The van der Waals surface area contributed by atoms with Crippen molar-refractivity contribution < 1.29 is 4.79 Å². The maximum absolute atomic E-state index is 12.0. The Kier molecular flexibility index (Phi) is 3.82. The van der Waals surface area contributed by atoms with E-state index in [1.165, 1.54) is 5.56 Å². The lowest BCUT2D eigenvalue weighted by atomic mass is 9.99. The smallest absolute Gasteiger partial charge is 0.226 e. The Labute approximate surface area is 104 Å². The van der Waals surface area contributed by atoms with Crippen LogP contribution in [0.15, 0.2) is 24.3 Å². The molecule has 1 aromatic carbocycles. The topological polar surface area (TPSA) is 20.3 Å². The Morgan fingerprint density at radius 3 is 2.65 bits per heavy atom. The van der Waals surface area contributed by atoms with Crippen molar-refractivity contribution in [2.45, 2.75) is 39.0 Å². The molecule has 2 nitrogen and oxygen atoms in total. The molecule has 17 heavy (non-hydrogen) atoms. The minimum atomic E-state index is 0.281. The maximum Gasteiger partial charge on any atom is 0.226 e. The first-order valence-corrected chi connectivity index (χ1v) is 6.53. The summed E-state index contributed by atoms with van der Waals surface area (Å²) in [6, 6.07) is 8.41. The van der Waals surface area contributed by atoms with Gasteiger partial charge in [-0.25, -0.2) is 0 Å². The molecule has 0 atom stereocenters. The van der Waals surface area contributed by atoms with E-state index in [0.717, 1.165) is 31.5 Å². The van der Waals surface area contributed by atoms with Gasteiger partial charge < -0.3 is 4.90 Å². The summed E-state index contributed by atoms with van der Waals surface area (Å²) in [5.74, 6) is 0.806. The van der Waals surface area contributed by atoms with Crippen LogP contribution in [0, 0.1) is 0 Å². The van der Waals surface area contributed by atoms with Crippen LogP contribution in [-0.4, -0.2) is 23.9 Å². The van der Waals surface area contributed by atoms with Crippen molar-refractivity contribution in [2.75, 3.05) is 13.1 Å². The van der Waals surface area contributed by atoms with Crippen molar-refractivity contribution >= 4 is 5.91 Å². The first-order chi connectivity index (χ1) is 8.16. The van der Waals surface area contributed by atoms with Gasteiger partial charge in [-0.3, -0.25) is 4.79 Å². The normalized spacial score (nSPS) is 15.6. The van der Waals surface area contributed by atoms with Crippen LogP contribution >= 0.6 is 0 Å². The van der Waals surface area contributed by atoms with Crippen molar-refractivity contribution in [1.82, 2.24) is 4.90 Å². The van der Waals surface area contributed by atoms with Crippen molar-refractivity contribution in [2.24, 2.45) is 0 Å². The van der Waals surface area contributed by atoms with Crippen LogP contribution in [0.25, 0.3) is 0 Å². The molecule has 0 bridgehead atoms. The van der Waals surface area contributed by atoms with Crippen molar-refractivity contribution in [1.29, 1.82) is 0 Å². The van der Waals surface area contributed by atoms with Crippen molar-refractivity contribution in [3.05, 3.63) is 35.4 Å². The van der Waals surface area contributed by atoms with Gasteiger partial charge in [0.1, 0.15) is 0 Å². The molecule has 0 spiro atoms. The molecule has 1 aromatic rings. The maximum atomic E-state index is 12.0. The zero-order chi connectivity index (χ0) is 12.3. The van der Waals surface area contributed by atoms with Crippen molar-refractivity contribution in [3.63, 3.8) is 0 Å². The number of likely N-dealkylation sites (tertiary alicyclic amines) is 1. The third kappa shape index (κ3) is 3.09. The van der Waals surface area contributed by atoms with Gasteiger partial charge in [0.2, 0.25) is 5.91 Å². The van der Waals surface area contributed by atoms with E-state index in [1.807, 2.05) is 4.90 Å². The molecule has 1 heterocycles. The van der Waals surface area contributed by atoms with Crippen LogP contribution in [0.5, 0.6) is 0 Å². The summed E-state index contributed by atoms with van der Waals surface area (Å²) in [4.78, 5) is 14.0. The van der Waals surface area contributed by atoms with E-state index in [-0.39, 0.29) is 5.91 Å². The van der Waals surface area contributed by atoms with E-state index in [1.54, 1.807) is 0 Å². The number of nitrogens with zero attached hydrogens (tertiary/aromatic N) is 1. The minimum Gasteiger partial charge on any atom is -0.342 e. The Balaban J connectivity index is 2.02.